The molecule has 1 aliphatic carbocycles. The SMILES string of the molecule is O=C(Nc1ccc(I)c(Cl)c1)C1CCCC1. The average molecular weight is 350 g/mol. The molecule has 0 heterocycles. The maximum atomic E-state index is 11.9. The number of hydrogen-bond donors (Lipinski definition) is 1. The van der Waals surface area contributed by atoms with E-state index in [2.05, 4.69) is 27.9 Å². The first-order valence-corrected chi connectivity index (χ1v) is 6.88. The molecular formula is C12H13ClINO. The first-order valence-electron chi connectivity index (χ1n) is 5.43. The molecule has 0 unspecified atom stereocenters. The summed E-state index contributed by atoms with van der Waals surface area (Å²) >= 11 is 8.17. The lowest BCUT2D eigenvalue weighted by Gasteiger charge is -2.10. The second-order valence-corrected chi connectivity index (χ2v) is 5.67. The second kappa shape index (κ2) is 5.36. The second-order valence-electron chi connectivity index (χ2n) is 4.10. The number of halogens is 2. The molecule has 1 aromatic rings. The third-order valence-electron chi connectivity index (χ3n) is 2.91. The zero-order valence-corrected chi connectivity index (χ0v) is 11.7. The summed E-state index contributed by atoms with van der Waals surface area (Å²) in [7, 11) is 0. The van der Waals surface area contributed by atoms with Crippen molar-refractivity contribution in [1.29, 1.82) is 0 Å². The molecule has 4 heteroatoms. The molecule has 1 aliphatic rings. The molecule has 0 atom stereocenters. The Hall–Kier alpha value is -0.290. The predicted molar refractivity (Wildman–Crippen MR) is 74.8 cm³/mol. The summed E-state index contributed by atoms with van der Waals surface area (Å²) in [4.78, 5) is 11.9. The minimum Gasteiger partial charge on any atom is -0.326 e. The van der Waals surface area contributed by atoms with Gasteiger partial charge < -0.3 is 5.32 Å². The van der Waals surface area contributed by atoms with E-state index in [0.717, 1.165) is 22.1 Å². The van der Waals surface area contributed by atoms with Gasteiger partial charge in [-0.2, -0.15) is 0 Å². The molecule has 0 aliphatic heterocycles. The fourth-order valence-electron chi connectivity index (χ4n) is 2.01. The highest BCUT2D eigenvalue weighted by molar-refractivity contribution is 14.1. The van der Waals surface area contributed by atoms with Crippen LogP contribution in [0.15, 0.2) is 18.2 Å². The van der Waals surface area contributed by atoms with E-state index < -0.39 is 0 Å². The van der Waals surface area contributed by atoms with Gasteiger partial charge in [-0.25, -0.2) is 0 Å². The molecular weight excluding hydrogens is 336 g/mol. The van der Waals surface area contributed by atoms with Crippen LogP contribution in [0.2, 0.25) is 5.02 Å². The van der Waals surface area contributed by atoms with E-state index in [9.17, 15) is 4.79 Å². The van der Waals surface area contributed by atoms with Crippen LogP contribution in [-0.2, 0) is 4.79 Å². The van der Waals surface area contributed by atoms with Crippen molar-refractivity contribution in [2.24, 2.45) is 5.92 Å². The van der Waals surface area contributed by atoms with Gasteiger partial charge in [0.15, 0.2) is 0 Å². The molecule has 86 valence electrons. The highest BCUT2D eigenvalue weighted by Gasteiger charge is 2.22. The maximum Gasteiger partial charge on any atom is 0.227 e. The van der Waals surface area contributed by atoms with Crippen molar-refractivity contribution in [2.45, 2.75) is 25.7 Å². The van der Waals surface area contributed by atoms with Crippen molar-refractivity contribution < 1.29 is 4.79 Å². The number of carbonyl (C=O) groups excluding carboxylic acids is 1. The maximum absolute atomic E-state index is 11.9. The number of nitrogens with one attached hydrogen (secondary N) is 1. The van der Waals surface area contributed by atoms with Crippen molar-refractivity contribution in [3.63, 3.8) is 0 Å². The first kappa shape index (κ1) is 12.2. The van der Waals surface area contributed by atoms with Gasteiger partial charge in [-0.3, -0.25) is 4.79 Å². The molecule has 1 fully saturated rings. The number of carbonyl (C=O) groups is 1. The van der Waals surface area contributed by atoms with E-state index in [1.54, 1.807) is 6.07 Å². The third kappa shape index (κ3) is 2.88. The Bertz CT molecular complexity index is 402. The van der Waals surface area contributed by atoms with Crippen LogP contribution in [0, 0.1) is 9.49 Å². The predicted octanol–water partition coefficient (Wildman–Crippen LogP) is 4.07. The fourth-order valence-corrected chi connectivity index (χ4v) is 2.52. The monoisotopic (exact) mass is 349 g/mol. The molecule has 2 rings (SSSR count). The number of benzene rings is 1. The van der Waals surface area contributed by atoms with Gasteiger partial charge in [-0.1, -0.05) is 24.4 Å². The Labute approximate surface area is 114 Å². The fraction of sp³-hybridized carbons (Fsp3) is 0.417. The van der Waals surface area contributed by atoms with E-state index in [-0.39, 0.29) is 11.8 Å². The van der Waals surface area contributed by atoms with Crippen LogP contribution in [0.4, 0.5) is 5.69 Å². The van der Waals surface area contributed by atoms with Crippen molar-refractivity contribution >= 4 is 45.8 Å². The van der Waals surface area contributed by atoms with Gasteiger partial charge >= 0.3 is 0 Å². The lowest BCUT2D eigenvalue weighted by molar-refractivity contribution is -0.119. The Morgan fingerprint density at radius 1 is 1.38 bits per heavy atom. The van der Waals surface area contributed by atoms with E-state index in [4.69, 9.17) is 11.6 Å². The van der Waals surface area contributed by atoms with Crippen molar-refractivity contribution in [3.8, 4) is 0 Å². The Morgan fingerprint density at radius 3 is 2.69 bits per heavy atom. The molecule has 2 nitrogen and oxygen atoms in total. The molecule has 0 radical (unpaired) electrons. The number of hydrogen-bond acceptors (Lipinski definition) is 1. The molecule has 0 bridgehead atoms. The average Bonchev–Trinajstić information content (AvgIpc) is 2.77. The van der Waals surface area contributed by atoms with E-state index in [0.29, 0.717) is 5.02 Å². The van der Waals surface area contributed by atoms with Crippen LogP contribution in [0.1, 0.15) is 25.7 Å². The lowest BCUT2D eigenvalue weighted by atomic mass is 10.1. The van der Waals surface area contributed by atoms with Gasteiger partial charge in [0.25, 0.3) is 0 Å². The topological polar surface area (TPSA) is 29.1 Å². The molecule has 0 saturated heterocycles. The quantitative estimate of drug-likeness (QED) is 0.801. The number of rotatable bonds is 2. The Morgan fingerprint density at radius 2 is 2.06 bits per heavy atom. The van der Waals surface area contributed by atoms with Gasteiger partial charge in [0.2, 0.25) is 5.91 Å². The summed E-state index contributed by atoms with van der Waals surface area (Å²) in [5, 5.41) is 3.61. The summed E-state index contributed by atoms with van der Waals surface area (Å²) < 4.78 is 0.998. The highest BCUT2D eigenvalue weighted by atomic mass is 127. The normalized spacial score (nSPS) is 16.4. The highest BCUT2D eigenvalue weighted by Crippen LogP contribution is 2.27. The first-order chi connectivity index (χ1) is 7.66. The van der Waals surface area contributed by atoms with E-state index in [1.165, 1.54) is 12.8 Å². The van der Waals surface area contributed by atoms with Gasteiger partial charge in [-0.15, -0.1) is 0 Å². The molecule has 16 heavy (non-hydrogen) atoms. The summed E-state index contributed by atoms with van der Waals surface area (Å²) in [6, 6.07) is 5.60. The molecule has 1 saturated carbocycles. The van der Waals surface area contributed by atoms with Gasteiger partial charge in [0.05, 0.1) is 5.02 Å². The molecule has 1 amide bonds. The largest absolute Gasteiger partial charge is 0.326 e. The minimum atomic E-state index is 0.134. The Balaban J connectivity index is 2.02. The van der Waals surface area contributed by atoms with Gasteiger partial charge in [0.1, 0.15) is 0 Å². The molecule has 1 N–H and O–H groups in total. The van der Waals surface area contributed by atoms with E-state index >= 15 is 0 Å². The van der Waals surface area contributed by atoms with E-state index in [1.807, 2.05) is 12.1 Å². The smallest absolute Gasteiger partial charge is 0.227 e. The summed E-state index contributed by atoms with van der Waals surface area (Å²) in [5.41, 5.74) is 0.794. The standard InChI is InChI=1S/C12H13ClINO/c13-10-7-9(5-6-11(10)14)15-12(16)8-3-1-2-4-8/h5-8H,1-4H2,(H,15,16). The molecule has 0 spiro atoms. The van der Waals surface area contributed by atoms with Crippen LogP contribution in [0.5, 0.6) is 0 Å². The number of amides is 1. The van der Waals surface area contributed by atoms with Crippen LogP contribution < -0.4 is 5.32 Å². The zero-order valence-electron chi connectivity index (χ0n) is 8.80. The van der Waals surface area contributed by atoms with Gasteiger partial charge in [-0.05, 0) is 53.6 Å². The Kier molecular flexibility index (Phi) is 4.08. The van der Waals surface area contributed by atoms with Crippen molar-refractivity contribution in [2.75, 3.05) is 5.32 Å². The molecule has 1 aromatic carbocycles. The summed E-state index contributed by atoms with van der Waals surface area (Å²) in [6.45, 7) is 0. The number of anilines is 1. The zero-order chi connectivity index (χ0) is 11.5. The van der Waals surface area contributed by atoms with Crippen molar-refractivity contribution in [3.05, 3.63) is 26.8 Å². The van der Waals surface area contributed by atoms with Crippen LogP contribution in [-0.4, -0.2) is 5.91 Å². The third-order valence-corrected chi connectivity index (χ3v) is 4.49. The van der Waals surface area contributed by atoms with Crippen LogP contribution in [0.3, 0.4) is 0 Å². The minimum absolute atomic E-state index is 0.134. The molecule has 0 aromatic heterocycles. The van der Waals surface area contributed by atoms with Crippen LogP contribution >= 0.6 is 34.2 Å². The van der Waals surface area contributed by atoms with Crippen molar-refractivity contribution in [1.82, 2.24) is 0 Å². The summed E-state index contributed by atoms with van der Waals surface area (Å²) in [5.74, 6) is 0.327. The van der Waals surface area contributed by atoms with Crippen LogP contribution in [0.25, 0.3) is 0 Å². The lowest BCUT2D eigenvalue weighted by Crippen LogP contribution is -2.20. The van der Waals surface area contributed by atoms with Gasteiger partial charge in [0, 0.05) is 15.2 Å². The summed E-state index contributed by atoms with van der Waals surface area (Å²) in [6.07, 6.45) is 4.38.